The van der Waals surface area contributed by atoms with E-state index in [-0.39, 0.29) is 50.7 Å². The van der Waals surface area contributed by atoms with Crippen LogP contribution in [0.15, 0.2) is 60.7 Å². The molecule has 3 rings (SSSR count). The number of nitrogens with zero attached hydrogens (tertiary/aromatic N) is 5. The number of nitrogens with one attached hydrogen (secondary N) is 5. The van der Waals surface area contributed by atoms with Crippen molar-refractivity contribution in [1.82, 2.24) is 51.1 Å². The standard InChI is InChI=1S/C58H90N10O13/c1-34(2)29-42-49(72)61-46(37(7)69)54(77)66(14)43(32-39-25-21-18-22-26-39)50(73)62-56(79)68(16)47(36(5)6)51(74)60-40(31-38-23-19-17-20-24-38)48(71)63-58(11,80)55(78)64(12)28-27-45(70)59-41(33-81-57(8,9)10)52(75)67(15)44(30-35(3)4)53(76)65(42)13/h17-26,34-37,40-44,46-47,69,80H,27-33H2,1-16H3,(H,59,70)(H,60,74)(H,61,72)(H,63,71)(H,62,73,79)/t37-,40+,41+,42+,43+,44+,46+,47+,58+/m1/s1. The predicted molar refractivity (Wildman–Crippen MR) is 303 cm³/mol. The predicted octanol–water partition coefficient (Wildman–Crippen LogP) is 1.57. The largest absolute Gasteiger partial charge is 0.391 e. The topological polar surface area (TPSA) is 297 Å². The van der Waals surface area contributed by atoms with Gasteiger partial charge in [0.15, 0.2) is 0 Å². The number of aliphatic hydroxyl groups excluding tert-OH is 1. The Morgan fingerprint density at radius 3 is 1.62 bits per heavy atom. The van der Waals surface area contributed by atoms with Gasteiger partial charge in [0.25, 0.3) is 11.8 Å². The monoisotopic (exact) mass is 1130 g/mol. The van der Waals surface area contributed by atoms with Gasteiger partial charge in [0, 0.05) is 61.0 Å². The Labute approximate surface area is 477 Å². The van der Waals surface area contributed by atoms with E-state index in [1.54, 1.807) is 95.3 Å². The fourth-order valence-corrected chi connectivity index (χ4v) is 9.34. The number of hydrogen-bond donors (Lipinski definition) is 7. The zero-order valence-electron chi connectivity index (χ0n) is 50.2. The zero-order chi connectivity index (χ0) is 61.4. The molecular formula is C58H90N10O13. The normalized spacial score (nSPS) is 25.4. The number of aliphatic hydroxyl groups is 2. The first-order valence-electron chi connectivity index (χ1n) is 27.6. The van der Waals surface area contributed by atoms with E-state index in [0.717, 1.165) is 21.6 Å². The van der Waals surface area contributed by atoms with Gasteiger partial charge in [-0.25, -0.2) is 4.79 Å². The molecule has 9 atom stereocenters. The summed E-state index contributed by atoms with van der Waals surface area (Å²) in [7, 11) is 6.60. The van der Waals surface area contributed by atoms with Crippen molar-refractivity contribution in [3.05, 3.63) is 71.8 Å². The van der Waals surface area contributed by atoms with Gasteiger partial charge < -0.3 is 60.7 Å². The van der Waals surface area contributed by atoms with E-state index in [4.69, 9.17) is 4.74 Å². The molecule has 0 unspecified atom stereocenters. The van der Waals surface area contributed by atoms with Crippen LogP contribution in [0.3, 0.4) is 0 Å². The Morgan fingerprint density at radius 1 is 0.605 bits per heavy atom. The van der Waals surface area contributed by atoms with Gasteiger partial charge in [-0.3, -0.25) is 48.5 Å². The first-order chi connectivity index (χ1) is 37.6. The molecule has 1 fully saturated rings. The van der Waals surface area contributed by atoms with E-state index in [9.17, 15) is 58.2 Å². The molecule has 0 aromatic heterocycles. The van der Waals surface area contributed by atoms with Crippen LogP contribution in [0, 0.1) is 17.8 Å². The van der Waals surface area contributed by atoms with Crippen molar-refractivity contribution in [3.8, 4) is 0 Å². The quantitative estimate of drug-likeness (QED) is 0.159. The number of urea groups is 1. The molecule has 2 aromatic carbocycles. The number of ether oxygens (including phenoxy) is 1. The molecule has 0 bridgehead atoms. The summed E-state index contributed by atoms with van der Waals surface area (Å²) in [6.07, 6.45) is -2.13. The smallest absolute Gasteiger partial charge is 0.324 e. The summed E-state index contributed by atoms with van der Waals surface area (Å²) in [6, 6.07) is 6.16. The summed E-state index contributed by atoms with van der Waals surface area (Å²) in [5.41, 5.74) is -2.27. The molecule has 0 radical (unpaired) electrons. The summed E-state index contributed by atoms with van der Waals surface area (Å²) in [4.78, 5) is 149. The number of rotatable bonds is 12. The average molecular weight is 1140 g/mol. The van der Waals surface area contributed by atoms with Gasteiger partial charge in [0.2, 0.25) is 47.1 Å². The minimum absolute atomic E-state index is 0.0608. The second kappa shape index (κ2) is 30.2. The van der Waals surface area contributed by atoms with Crippen LogP contribution in [-0.4, -0.2) is 202 Å². The summed E-state index contributed by atoms with van der Waals surface area (Å²) in [5, 5.41) is 35.4. The molecule has 450 valence electrons. The van der Waals surface area contributed by atoms with Crippen LogP contribution in [0.4, 0.5) is 4.79 Å². The van der Waals surface area contributed by atoms with Crippen LogP contribution >= 0.6 is 0 Å². The number of amides is 11. The van der Waals surface area contributed by atoms with Crippen molar-refractivity contribution >= 4 is 59.2 Å². The van der Waals surface area contributed by atoms with Crippen molar-refractivity contribution in [3.63, 3.8) is 0 Å². The molecule has 1 heterocycles. The highest BCUT2D eigenvalue weighted by molar-refractivity contribution is 6.02. The first-order valence-corrected chi connectivity index (χ1v) is 27.6. The van der Waals surface area contributed by atoms with E-state index < -0.39 is 131 Å². The lowest BCUT2D eigenvalue weighted by atomic mass is 9.97. The SMILES string of the molecule is CC(C)C[C@H]1C(=O)N(C)[C@@H](CC(C)C)C(=O)N[C@@H]([C@@H](C)O)C(=O)N(C)[C@@H](Cc2ccccc2)C(=O)NC(=O)N(C)[C@@H](C(C)C)C(=O)N[C@@H](Cc2ccccc2)C(=O)N[C@@](C)(O)C(=O)N(C)CCC(=O)N[C@@H](COC(C)(C)C)C(=O)N1C. The molecule has 2 aromatic rings. The van der Waals surface area contributed by atoms with Crippen molar-refractivity contribution in [2.75, 3.05) is 48.4 Å². The Morgan fingerprint density at radius 2 is 1.11 bits per heavy atom. The van der Waals surface area contributed by atoms with Crippen molar-refractivity contribution in [1.29, 1.82) is 0 Å². The molecule has 7 N–H and O–H groups in total. The zero-order valence-corrected chi connectivity index (χ0v) is 50.2. The Balaban J connectivity index is 2.26. The lowest BCUT2D eigenvalue weighted by molar-refractivity contribution is -0.156. The minimum atomic E-state index is -2.61. The number of benzene rings is 2. The number of likely N-dealkylation sites (N-methyl/N-ethyl adjacent to an activating group) is 5. The molecule has 81 heavy (non-hydrogen) atoms. The summed E-state index contributed by atoms with van der Waals surface area (Å²) < 4.78 is 6.00. The average Bonchev–Trinajstić information content (AvgIpc) is 3.39. The molecular weight excluding hydrogens is 1040 g/mol. The van der Waals surface area contributed by atoms with Gasteiger partial charge in [-0.2, -0.15) is 0 Å². The third-order valence-electron chi connectivity index (χ3n) is 13.9. The number of imide groups is 1. The van der Waals surface area contributed by atoms with Crippen molar-refractivity contribution < 1.29 is 62.9 Å². The molecule has 23 nitrogen and oxygen atoms in total. The molecule has 1 aliphatic rings. The van der Waals surface area contributed by atoms with Gasteiger partial charge in [0.1, 0.15) is 42.3 Å². The lowest BCUT2D eigenvalue weighted by Crippen LogP contribution is -2.63. The van der Waals surface area contributed by atoms with E-state index in [0.29, 0.717) is 11.1 Å². The maximum atomic E-state index is 14.9. The molecule has 11 amide bonds. The van der Waals surface area contributed by atoms with Gasteiger partial charge in [-0.05, 0) is 76.3 Å². The van der Waals surface area contributed by atoms with Gasteiger partial charge in [-0.15, -0.1) is 0 Å². The van der Waals surface area contributed by atoms with E-state index in [2.05, 4.69) is 26.6 Å². The number of carbonyl (C=O) groups is 10. The maximum absolute atomic E-state index is 14.9. The van der Waals surface area contributed by atoms with Crippen LogP contribution in [0.25, 0.3) is 0 Å². The van der Waals surface area contributed by atoms with Crippen LogP contribution in [0.5, 0.6) is 0 Å². The molecule has 1 aliphatic heterocycles. The second-order valence-corrected chi connectivity index (χ2v) is 23.5. The van der Waals surface area contributed by atoms with Crippen molar-refractivity contribution in [2.24, 2.45) is 17.8 Å². The van der Waals surface area contributed by atoms with Crippen LogP contribution in [0.1, 0.15) is 107 Å². The van der Waals surface area contributed by atoms with E-state index >= 15 is 0 Å². The Bertz CT molecular complexity index is 2500. The second-order valence-electron chi connectivity index (χ2n) is 23.5. The van der Waals surface area contributed by atoms with Crippen LogP contribution in [0.2, 0.25) is 0 Å². The van der Waals surface area contributed by atoms with Gasteiger partial charge >= 0.3 is 6.03 Å². The minimum Gasteiger partial charge on any atom is -0.391 e. The first kappa shape index (κ1) is 68.3. The van der Waals surface area contributed by atoms with Gasteiger partial charge in [-0.1, -0.05) is 102 Å². The fraction of sp³-hybridized carbons (Fsp3) is 0.621. The third kappa shape index (κ3) is 20.2. The van der Waals surface area contributed by atoms with Crippen LogP contribution < -0.4 is 26.6 Å². The van der Waals surface area contributed by atoms with Gasteiger partial charge in [0.05, 0.1) is 18.3 Å². The van der Waals surface area contributed by atoms with Crippen LogP contribution in [-0.2, 0) is 60.7 Å². The lowest BCUT2D eigenvalue weighted by Gasteiger charge is -2.38. The fourth-order valence-electron chi connectivity index (χ4n) is 9.34. The summed E-state index contributed by atoms with van der Waals surface area (Å²) in [6.45, 7) is 17.4. The van der Waals surface area contributed by atoms with E-state index in [1.807, 2.05) is 27.7 Å². The number of carbonyl (C=O) groups excluding carboxylic acids is 10. The molecule has 0 saturated carbocycles. The third-order valence-corrected chi connectivity index (χ3v) is 13.9. The molecule has 23 heteroatoms. The highest BCUT2D eigenvalue weighted by Gasteiger charge is 2.43. The number of hydrogen-bond acceptors (Lipinski definition) is 13. The van der Waals surface area contributed by atoms with E-state index in [1.165, 1.54) is 52.0 Å². The Kier molecular flexibility index (Phi) is 25.4. The Hall–Kier alpha value is -6.98. The molecule has 1 saturated heterocycles. The van der Waals surface area contributed by atoms with Crippen molar-refractivity contribution in [2.45, 2.75) is 168 Å². The summed E-state index contributed by atoms with van der Waals surface area (Å²) >= 11 is 0. The molecule has 0 aliphatic carbocycles. The molecule has 0 spiro atoms. The maximum Gasteiger partial charge on any atom is 0.324 e. The summed E-state index contributed by atoms with van der Waals surface area (Å²) in [5.74, 6) is -8.80. The highest BCUT2D eigenvalue weighted by Crippen LogP contribution is 2.21. The highest BCUT2D eigenvalue weighted by atomic mass is 16.5.